The standard InChI is InChI=1S/C21H25FO6/c1-25-15-9-7-13(8-10-15)11-14-5-3-4-6-16(14)27-21-20(26-2)19(24)18(22)17(12-23)28-21/h3-10,17-21,23-24H,11-12H2,1-2H3. The van der Waals surface area contributed by atoms with Crippen molar-refractivity contribution in [2.45, 2.75) is 37.2 Å². The molecule has 7 heteroatoms. The number of aliphatic hydroxyl groups is 2. The van der Waals surface area contributed by atoms with Crippen LogP contribution in [0.2, 0.25) is 0 Å². The lowest BCUT2D eigenvalue weighted by atomic mass is 10.00. The number of benzene rings is 2. The van der Waals surface area contributed by atoms with Crippen molar-refractivity contribution in [3.63, 3.8) is 0 Å². The van der Waals surface area contributed by atoms with Gasteiger partial charge in [0.15, 0.2) is 6.17 Å². The number of para-hydroxylation sites is 1. The lowest BCUT2D eigenvalue weighted by molar-refractivity contribution is -0.271. The van der Waals surface area contributed by atoms with E-state index in [1.165, 1.54) is 7.11 Å². The second kappa shape index (κ2) is 9.34. The number of hydrogen-bond acceptors (Lipinski definition) is 6. The summed E-state index contributed by atoms with van der Waals surface area (Å²) in [6, 6.07) is 15.1. The second-order valence-electron chi connectivity index (χ2n) is 6.61. The minimum absolute atomic E-state index is 0.534. The van der Waals surface area contributed by atoms with Gasteiger partial charge in [-0.1, -0.05) is 30.3 Å². The summed E-state index contributed by atoms with van der Waals surface area (Å²) in [5.74, 6) is 1.31. The Morgan fingerprint density at radius 2 is 1.79 bits per heavy atom. The SMILES string of the molecule is COc1ccc(Cc2ccccc2OC2OC(CO)C(F)C(O)C2OC)cc1. The van der Waals surface area contributed by atoms with Gasteiger partial charge in [-0.05, 0) is 29.3 Å². The van der Waals surface area contributed by atoms with Gasteiger partial charge in [0.05, 0.1) is 13.7 Å². The Labute approximate surface area is 163 Å². The van der Waals surface area contributed by atoms with Crippen molar-refractivity contribution < 1.29 is 33.6 Å². The molecule has 1 aliphatic heterocycles. The number of hydrogen-bond donors (Lipinski definition) is 2. The smallest absolute Gasteiger partial charge is 0.229 e. The average molecular weight is 392 g/mol. The molecule has 0 aliphatic carbocycles. The first-order valence-corrected chi connectivity index (χ1v) is 9.06. The topological polar surface area (TPSA) is 77.4 Å². The van der Waals surface area contributed by atoms with Crippen molar-refractivity contribution in [1.82, 2.24) is 0 Å². The molecule has 1 heterocycles. The van der Waals surface area contributed by atoms with E-state index < -0.39 is 37.4 Å². The van der Waals surface area contributed by atoms with Gasteiger partial charge in [-0.3, -0.25) is 0 Å². The summed E-state index contributed by atoms with van der Waals surface area (Å²) in [6.07, 6.45) is -5.88. The van der Waals surface area contributed by atoms with Crippen LogP contribution in [-0.4, -0.2) is 61.8 Å². The van der Waals surface area contributed by atoms with E-state index >= 15 is 0 Å². The molecule has 0 spiro atoms. The Kier molecular flexibility index (Phi) is 6.85. The van der Waals surface area contributed by atoms with Crippen molar-refractivity contribution in [3.05, 3.63) is 59.7 Å². The summed E-state index contributed by atoms with van der Waals surface area (Å²) in [5.41, 5.74) is 1.95. The van der Waals surface area contributed by atoms with E-state index in [2.05, 4.69) is 0 Å². The van der Waals surface area contributed by atoms with Crippen molar-refractivity contribution in [2.24, 2.45) is 0 Å². The normalized spacial score (nSPS) is 27.4. The van der Waals surface area contributed by atoms with E-state index in [1.807, 2.05) is 42.5 Å². The molecule has 3 rings (SSSR count). The molecule has 2 aromatic rings. The molecule has 2 aromatic carbocycles. The molecule has 5 atom stereocenters. The number of alkyl halides is 1. The molecule has 0 saturated carbocycles. The third-order valence-electron chi connectivity index (χ3n) is 4.82. The predicted molar refractivity (Wildman–Crippen MR) is 100 cm³/mol. The van der Waals surface area contributed by atoms with Gasteiger partial charge in [0.2, 0.25) is 6.29 Å². The van der Waals surface area contributed by atoms with E-state index in [9.17, 15) is 14.6 Å². The first-order valence-electron chi connectivity index (χ1n) is 9.06. The van der Waals surface area contributed by atoms with Crippen LogP contribution in [0.15, 0.2) is 48.5 Å². The zero-order chi connectivity index (χ0) is 20.1. The van der Waals surface area contributed by atoms with Gasteiger partial charge in [0.25, 0.3) is 0 Å². The molecule has 28 heavy (non-hydrogen) atoms. The molecular weight excluding hydrogens is 367 g/mol. The summed E-state index contributed by atoms with van der Waals surface area (Å²) in [6.45, 7) is -0.567. The third-order valence-corrected chi connectivity index (χ3v) is 4.82. The molecule has 152 valence electrons. The van der Waals surface area contributed by atoms with Crippen LogP contribution in [0.3, 0.4) is 0 Å². The van der Waals surface area contributed by atoms with E-state index in [0.29, 0.717) is 12.2 Å². The zero-order valence-corrected chi connectivity index (χ0v) is 15.8. The minimum Gasteiger partial charge on any atom is -0.497 e. The third kappa shape index (κ3) is 4.44. The Morgan fingerprint density at radius 3 is 2.43 bits per heavy atom. The number of rotatable bonds is 7. The van der Waals surface area contributed by atoms with E-state index in [-0.39, 0.29) is 0 Å². The summed E-state index contributed by atoms with van der Waals surface area (Å²) in [4.78, 5) is 0. The maximum absolute atomic E-state index is 14.1. The van der Waals surface area contributed by atoms with E-state index in [0.717, 1.165) is 16.9 Å². The first-order chi connectivity index (χ1) is 13.6. The predicted octanol–water partition coefficient (Wildman–Crippen LogP) is 2.10. The highest BCUT2D eigenvalue weighted by Crippen LogP contribution is 2.30. The van der Waals surface area contributed by atoms with Gasteiger partial charge < -0.3 is 29.2 Å². The maximum atomic E-state index is 14.1. The van der Waals surface area contributed by atoms with Crippen LogP contribution < -0.4 is 9.47 Å². The van der Waals surface area contributed by atoms with E-state index in [4.69, 9.17) is 18.9 Å². The molecule has 0 bridgehead atoms. The van der Waals surface area contributed by atoms with Crippen LogP contribution in [0, 0.1) is 0 Å². The van der Waals surface area contributed by atoms with Gasteiger partial charge in [-0.15, -0.1) is 0 Å². The highest BCUT2D eigenvalue weighted by molar-refractivity contribution is 5.39. The lowest BCUT2D eigenvalue weighted by Crippen LogP contribution is -2.59. The van der Waals surface area contributed by atoms with Gasteiger partial charge in [-0.2, -0.15) is 0 Å². The van der Waals surface area contributed by atoms with Crippen molar-refractivity contribution in [1.29, 1.82) is 0 Å². The van der Waals surface area contributed by atoms with Crippen LogP contribution in [0.25, 0.3) is 0 Å². The highest BCUT2D eigenvalue weighted by Gasteiger charge is 2.47. The van der Waals surface area contributed by atoms with Gasteiger partial charge >= 0.3 is 0 Å². The monoisotopic (exact) mass is 392 g/mol. The number of methoxy groups -OCH3 is 2. The van der Waals surface area contributed by atoms with Crippen LogP contribution in [0.4, 0.5) is 4.39 Å². The zero-order valence-electron chi connectivity index (χ0n) is 15.8. The fourth-order valence-electron chi connectivity index (χ4n) is 3.23. The van der Waals surface area contributed by atoms with Crippen LogP contribution in [0.1, 0.15) is 11.1 Å². The molecule has 0 radical (unpaired) electrons. The van der Waals surface area contributed by atoms with Gasteiger partial charge in [0.1, 0.15) is 29.8 Å². The fraction of sp³-hybridized carbons (Fsp3) is 0.429. The molecule has 1 fully saturated rings. The summed E-state index contributed by atoms with van der Waals surface area (Å²) >= 11 is 0. The molecule has 6 nitrogen and oxygen atoms in total. The average Bonchev–Trinajstić information content (AvgIpc) is 2.72. The quantitative estimate of drug-likeness (QED) is 0.752. The van der Waals surface area contributed by atoms with Crippen molar-refractivity contribution in [2.75, 3.05) is 20.8 Å². The molecule has 1 aliphatic rings. The molecule has 0 aromatic heterocycles. The molecule has 1 saturated heterocycles. The molecular formula is C21H25FO6. The number of aliphatic hydroxyl groups excluding tert-OH is 2. The lowest BCUT2D eigenvalue weighted by Gasteiger charge is -2.40. The summed E-state index contributed by atoms with van der Waals surface area (Å²) in [5, 5.41) is 19.5. The highest BCUT2D eigenvalue weighted by atomic mass is 19.1. The van der Waals surface area contributed by atoms with Crippen molar-refractivity contribution in [3.8, 4) is 11.5 Å². The fourth-order valence-corrected chi connectivity index (χ4v) is 3.23. The maximum Gasteiger partial charge on any atom is 0.229 e. The van der Waals surface area contributed by atoms with Crippen molar-refractivity contribution >= 4 is 0 Å². The van der Waals surface area contributed by atoms with E-state index in [1.54, 1.807) is 13.2 Å². The summed E-state index contributed by atoms with van der Waals surface area (Å²) in [7, 11) is 2.97. The van der Waals surface area contributed by atoms with Gasteiger partial charge in [-0.25, -0.2) is 4.39 Å². The first kappa shape index (κ1) is 20.5. The Hall–Kier alpha value is -2.19. The van der Waals surface area contributed by atoms with Crippen LogP contribution in [-0.2, 0) is 15.9 Å². The number of ether oxygens (including phenoxy) is 4. The largest absolute Gasteiger partial charge is 0.497 e. The molecule has 2 N–H and O–H groups in total. The molecule has 5 unspecified atom stereocenters. The molecule has 0 amide bonds. The number of halogens is 1. The van der Waals surface area contributed by atoms with Crippen LogP contribution >= 0.6 is 0 Å². The second-order valence-corrected chi connectivity index (χ2v) is 6.61. The minimum atomic E-state index is -1.76. The van der Waals surface area contributed by atoms with Crippen LogP contribution in [0.5, 0.6) is 11.5 Å². The Morgan fingerprint density at radius 1 is 1.07 bits per heavy atom. The summed E-state index contributed by atoms with van der Waals surface area (Å²) < 4.78 is 36.0. The Bertz CT molecular complexity index is 753. The van der Waals surface area contributed by atoms with Gasteiger partial charge in [0, 0.05) is 13.5 Å². The Balaban J connectivity index is 1.79.